The van der Waals surface area contributed by atoms with Crippen LogP contribution < -0.4 is 4.74 Å². The summed E-state index contributed by atoms with van der Waals surface area (Å²) in [5.74, 6) is 0.597. The molecule has 1 aliphatic rings. The third-order valence-electron chi connectivity index (χ3n) is 3.60. The van der Waals surface area contributed by atoms with Crippen molar-refractivity contribution in [2.75, 3.05) is 20.2 Å². The van der Waals surface area contributed by atoms with Crippen LogP contribution in [0.15, 0.2) is 18.2 Å². The predicted molar refractivity (Wildman–Crippen MR) is 73.7 cm³/mol. The summed E-state index contributed by atoms with van der Waals surface area (Å²) in [6.07, 6.45) is 0.555. The van der Waals surface area contributed by atoms with Crippen molar-refractivity contribution in [2.24, 2.45) is 5.92 Å². The Labute approximate surface area is 117 Å². The number of ketones is 1. The summed E-state index contributed by atoms with van der Waals surface area (Å²) in [4.78, 5) is 24.2. The van der Waals surface area contributed by atoms with E-state index in [-0.39, 0.29) is 17.4 Å². The molecule has 1 atom stereocenters. The number of hydrogen-bond donors (Lipinski definition) is 0. The minimum atomic E-state index is -0.440. The Hall–Kier alpha value is -1.95. The first-order valence-corrected chi connectivity index (χ1v) is 6.57. The van der Waals surface area contributed by atoms with Crippen molar-refractivity contribution < 1.29 is 14.5 Å². The van der Waals surface area contributed by atoms with Gasteiger partial charge in [-0.2, -0.15) is 0 Å². The first kappa shape index (κ1) is 14.5. The molecule has 0 radical (unpaired) electrons. The third-order valence-corrected chi connectivity index (χ3v) is 3.60. The monoisotopic (exact) mass is 278 g/mol. The van der Waals surface area contributed by atoms with Gasteiger partial charge in [-0.15, -0.1) is 0 Å². The van der Waals surface area contributed by atoms with Gasteiger partial charge in [-0.25, -0.2) is 0 Å². The topological polar surface area (TPSA) is 72.7 Å². The number of rotatable bonds is 4. The standard InChI is InChI=1S/C14H18N2O4/c1-10-8-15(6-5-13(10)17)9-11-3-4-14(20-2)12(7-11)16(18)19/h3-4,7,10H,5-6,8-9H2,1-2H3. The SMILES string of the molecule is COc1ccc(CN2CCC(=O)C(C)C2)cc1[N+](=O)[O-]. The average Bonchev–Trinajstić information content (AvgIpc) is 2.43. The van der Waals surface area contributed by atoms with Crippen molar-refractivity contribution in [3.05, 3.63) is 33.9 Å². The summed E-state index contributed by atoms with van der Waals surface area (Å²) in [6.45, 7) is 3.95. The number of piperidine rings is 1. The molecule has 1 unspecified atom stereocenters. The fourth-order valence-electron chi connectivity index (χ4n) is 2.47. The molecule has 108 valence electrons. The number of benzene rings is 1. The highest BCUT2D eigenvalue weighted by Crippen LogP contribution is 2.28. The molecule has 0 spiro atoms. The van der Waals surface area contributed by atoms with Gasteiger partial charge in [-0.3, -0.25) is 19.8 Å². The summed E-state index contributed by atoms with van der Waals surface area (Å²) in [6, 6.07) is 4.98. The molecule has 1 aliphatic heterocycles. The molecule has 6 nitrogen and oxygen atoms in total. The number of ether oxygens (including phenoxy) is 1. The van der Waals surface area contributed by atoms with Crippen LogP contribution in [0.25, 0.3) is 0 Å². The molecule has 1 aromatic rings. The third kappa shape index (κ3) is 3.14. The molecule has 0 N–H and O–H groups in total. The van der Waals surface area contributed by atoms with Crippen LogP contribution in [0.1, 0.15) is 18.9 Å². The second kappa shape index (κ2) is 6.00. The number of hydrogen-bond acceptors (Lipinski definition) is 5. The Bertz CT molecular complexity index is 530. The summed E-state index contributed by atoms with van der Waals surface area (Å²) < 4.78 is 4.98. The van der Waals surface area contributed by atoms with Gasteiger partial charge in [0.2, 0.25) is 0 Å². The van der Waals surface area contributed by atoms with Crippen LogP contribution in [-0.4, -0.2) is 35.8 Å². The van der Waals surface area contributed by atoms with Crippen LogP contribution in [0.3, 0.4) is 0 Å². The number of methoxy groups -OCH3 is 1. The van der Waals surface area contributed by atoms with Crippen molar-refractivity contribution in [2.45, 2.75) is 19.9 Å². The zero-order chi connectivity index (χ0) is 14.7. The Balaban J connectivity index is 2.12. The van der Waals surface area contributed by atoms with Crippen molar-refractivity contribution >= 4 is 11.5 Å². The predicted octanol–water partition coefficient (Wildman–Crippen LogP) is 2.01. The smallest absolute Gasteiger partial charge is 0.311 e. The van der Waals surface area contributed by atoms with Crippen molar-refractivity contribution in [3.8, 4) is 5.75 Å². The number of nitro groups is 1. The number of nitro benzene ring substituents is 1. The van der Waals surface area contributed by atoms with Gasteiger partial charge < -0.3 is 4.74 Å². The molecule has 0 amide bonds. The van der Waals surface area contributed by atoms with Gasteiger partial charge in [0.1, 0.15) is 5.78 Å². The first-order valence-electron chi connectivity index (χ1n) is 6.57. The van der Waals surface area contributed by atoms with Crippen LogP contribution in [0.4, 0.5) is 5.69 Å². The van der Waals surface area contributed by atoms with Crippen LogP contribution in [0.2, 0.25) is 0 Å². The highest BCUT2D eigenvalue weighted by atomic mass is 16.6. The maximum Gasteiger partial charge on any atom is 0.311 e. The number of carbonyl (C=O) groups excluding carboxylic acids is 1. The van der Waals surface area contributed by atoms with E-state index in [2.05, 4.69) is 4.90 Å². The largest absolute Gasteiger partial charge is 0.490 e. The van der Waals surface area contributed by atoms with Gasteiger partial charge in [0.25, 0.3) is 0 Å². The number of likely N-dealkylation sites (tertiary alicyclic amines) is 1. The van der Waals surface area contributed by atoms with E-state index in [0.717, 1.165) is 5.56 Å². The maximum absolute atomic E-state index is 11.5. The lowest BCUT2D eigenvalue weighted by Crippen LogP contribution is -2.39. The van der Waals surface area contributed by atoms with E-state index in [1.165, 1.54) is 7.11 Å². The molecule has 0 aromatic heterocycles. The Morgan fingerprint density at radius 2 is 2.25 bits per heavy atom. The van der Waals surface area contributed by atoms with Crippen LogP contribution in [0.5, 0.6) is 5.75 Å². The average molecular weight is 278 g/mol. The molecule has 2 rings (SSSR count). The summed E-state index contributed by atoms with van der Waals surface area (Å²) in [5.41, 5.74) is 0.838. The van der Waals surface area contributed by atoms with Crippen LogP contribution in [-0.2, 0) is 11.3 Å². The van der Waals surface area contributed by atoms with E-state index in [9.17, 15) is 14.9 Å². The van der Waals surface area contributed by atoms with E-state index in [1.807, 2.05) is 13.0 Å². The van der Waals surface area contributed by atoms with Gasteiger partial charge in [0.15, 0.2) is 5.75 Å². The van der Waals surface area contributed by atoms with Crippen molar-refractivity contribution in [1.82, 2.24) is 4.90 Å². The van der Waals surface area contributed by atoms with E-state index in [0.29, 0.717) is 31.8 Å². The zero-order valence-electron chi connectivity index (χ0n) is 11.7. The van der Waals surface area contributed by atoms with Crippen LogP contribution >= 0.6 is 0 Å². The fourth-order valence-corrected chi connectivity index (χ4v) is 2.47. The second-order valence-electron chi connectivity index (χ2n) is 5.12. The minimum absolute atomic E-state index is 0.0221. The van der Waals surface area contributed by atoms with Crippen LogP contribution in [0, 0.1) is 16.0 Å². The maximum atomic E-state index is 11.5. The highest BCUT2D eigenvalue weighted by molar-refractivity contribution is 5.81. The quantitative estimate of drug-likeness (QED) is 0.622. The molecular formula is C14H18N2O4. The normalized spacial score (nSPS) is 19.9. The lowest BCUT2D eigenvalue weighted by molar-refractivity contribution is -0.385. The van der Waals surface area contributed by atoms with Crippen molar-refractivity contribution in [1.29, 1.82) is 0 Å². The minimum Gasteiger partial charge on any atom is -0.490 e. The van der Waals surface area contributed by atoms with Gasteiger partial charge >= 0.3 is 5.69 Å². The first-order chi connectivity index (χ1) is 9.51. The van der Waals surface area contributed by atoms with E-state index < -0.39 is 4.92 Å². The molecule has 0 bridgehead atoms. The van der Waals surface area contributed by atoms with Gasteiger partial charge in [0, 0.05) is 38.0 Å². The molecule has 1 heterocycles. The molecule has 20 heavy (non-hydrogen) atoms. The summed E-state index contributed by atoms with van der Waals surface area (Å²) >= 11 is 0. The Morgan fingerprint density at radius 1 is 1.50 bits per heavy atom. The number of carbonyl (C=O) groups is 1. The van der Waals surface area contributed by atoms with E-state index in [4.69, 9.17) is 4.74 Å². The van der Waals surface area contributed by atoms with Gasteiger partial charge in [-0.05, 0) is 11.6 Å². The summed E-state index contributed by atoms with van der Waals surface area (Å²) in [5, 5.41) is 11.0. The number of Topliss-reactive ketones (excluding diaryl/α,β-unsaturated/α-hetero) is 1. The molecule has 1 fully saturated rings. The molecule has 0 saturated carbocycles. The van der Waals surface area contributed by atoms with E-state index in [1.54, 1.807) is 12.1 Å². The zero-order valence-corrected chi connectivity index (χ0v) is 11.7. The molecule has 6 heteroatoms. The molecule has 1 saturated heterocycles. The Kier molecular flexibility index (Phi) is 4.34. The molecule has 0 aliphatic carbocycles. The lowest BCUT2D eigenvalue weighted by atomic mass is 9.98. The molecular weight excluding hydrogens is 260 g/mol. The number of nitrogens with zero attached hydrogens (tertiary/aromatic N) is 2. The van der Waals surface area contributed by atoms with Crippen molar-refractivity contribution in [3.63, 3.8) is 0 Å². The summed E-state index contributed by atoms with van der Waals surface area (Å²) in [7, 11) is 1.42. The van der Waals surface area contributed by atoms with E-state index >= 15 is 0 Å². The Morgan fingerprint density at radius 3 is 2.85 bits per heavy atom. The fraction of sp³-hybridized carbons (Fsp3) is 0.500. The molecule has 1 aromatic carbocycles. The van der Waals surface area contributed by atoms with Gasteiger partial charge in [-0.1, -0.05) is 13.0 Å². The highest BCUT2D eigenvalue weighted by Gasteiger charge is 2.24. The lowest BCUT2D eigenvalue weighted by Gasteiger charge is -2.29. The van der Waals surface area contributed by atoms with Gasteiger partial charge in [0.05, 0.1) is 12.0 Å². The second-order valence-corrected chi connectivity index (χ2v) is 5.12.